The molecule has 1 aromatic rings. The molecule has 0 fully saturated rings. The van der Waals surface area contributed by atoms with Crippen LogP contribution in [0.25, 0.3) is 0 Å². The maximum absolute atomic E-state index is 11.8. The number of anilines is 1. The highest BCUT2D eigenvalue weighted by atomic mass is 32.2. The van der Waals surface area contributed by atoms with Gasteiger partial charge < -0.3 is 5.32 Å². The Morgan fingerprint density at radius 2 is 2.12 bits per heavy atom. The lowest BCUT2D eigenvalue weighted by Gasteiger charge is -2.11. The van der Waals surface area contributed by atoms with E-state index in [2.05, 4.69) is 20.2 Å². The fourth-order valence-electron chi connectivity index (χ4n) is 1.06. The van der Waals surface area contributed by atoms with E-state index < -0.39 is 15.3 Å². The topological polar surface area (TPSA) is 84.0 Å². The van der Waals surface area contributed by atoms with E-state index in [1.54, 1.807) is 14.0 Å². The molecule has 0 bridgehead atoms. The Kier molecular flexibility index (Phi) is 4.63. The summed E-state index contributed by atoms with van der Waals surface area (Å²) in [5.74, 6) is 0. The van der Waals surface area contributed by atoms with Crippen LogP contribution in [0.15, 0.2) is 0 Å². The molecular formula is C8H16N4O2S2. The zero-order chi connectivity index (χ0) is 12.2. The first-order chi connectivity index (χ1) is 7.49. The number of hydrogen-bond acceptors (Lipinski definition) is 6. The van der Waals surface area contributed by atoms with Gasteiger partial charge in [-0.1, -0.05) is 18.3 Å². The number of aromatic nitrogens is 2. The van der Waals surface area contributed by atoms with E-state index in [1.807, 2.05) is 6.92 Å². The summed E-state index contributed by atoms with van der Waals surface area (Å²) in [4.78, 5) is 0. The molecule has 1 heterocycles. The van der Waals surface area contributed by atoms with Crippen molar-refractivity contribution < 1.29 is 8.42 Å². The second-order valence-electron chi connectivity index (χ2n) is 3.37. The standard InChI is InChI=1S/C8H16N4O2S2/c1-4-7-10-11-8(15-7)12-16(13,14)6(2)5-9-3/h6,9H,4-5H2,1-3H3,(H,11,12). The van der Waals surface area contributed by atoms with Crippen LogP contribution >= 0.6 is 11.3 Å². The van der Waals surface area contributed by atoms with E-state index in [4.69, 9.17) is 0 Å². The van der Waals surface area contributed by atoms with E-state index in [9.17, 15) is 8.42 Å². The molecular weight excluding hydrogens is 248 g/mol. The molecule has 0 aliphatic heterocycles. The van der Waals surface area contributed by atoms with E-state index in [1.165, 1.54) is 11.3 Å². The second kappa shape index (κ2) is 5.55. The monoisotopic (exact) mass is 264 g/mol. The first-order valence-electron chi connectivity index (χ1n) is 4.98. The number of rotatable bonds is 6. The molecule has 0 aromatic carbocycles. The molecule has 0 radical (unpaired) electrons. The van der Waals surface area contributed by atoms with Gasteiger partial charge in [0.25, 0.3) is 0 Å². The first kappa shape index (κ1) is 13.3. The Hall–Kier alpha value is -0.730. The van der Waals surface area contributed by atoms with Crippen LogP contribution in [0, 0.1) is 0 Å². The summed E-state index contributed by atoms with van der Waals surface area (Å²) in [5, 5.41) is 11.1. The maximum Gasteiger partial charge on any atom is 0.238 e. The van der Waals surface area contributed by atoms with E-state index in [0.717, 1.165) is 11.4 Å². The fraction of sp³-hybridized carbons (Fsp3) is 0.750. The molecule has 1 unspecified atom stereocenters. The maximum atomic E-state index is 11.8. The Labute approximate surface area is 99.5 Å². The van der Waals surface area contributed by atoms with Gasteiger partial charge in [-0.05, 0) is 20.4 Å². The molecule has 2 N–H and O–H groups in total. The lowest BCUT2D eigenvalue weighted by molar-refractivity contribution is 0.583. The van der Waals surface area contributed by atoms with Crippen LogP contribution in [0.4, 0.5) is 5.13 Å². The molecule has 92 valence electrons. The summed E-state index contributed by atoms with van der Waals surface area (Å²) in [7, 11) is -1.66. The average Bonchev–Trinajstić information content (AvgIpc) is 2.65. The smallest absolute Gasteiger partial charge is 0.238 e. The summed E-state index contributed by atoms with van der Waals surface area (Å²) in [5.41, 5.74) is 0. The molecule has 0 amide bonds. The fourth-order valence-corrected chi connectivity index (χ4v) is 2.97. The second-order valence-corrected chi connectivity index (χ2v) is 6.53. The molecule has 8 heteroatoms. The molecule has 0 saturated carbocycles. The van der Waals surface area contributed by atoms with Crippen molar-refractivity contribution in [2.75, 3.05) is 18.3 Å². The Balaban J connectivity index is 2.72. The van der Waals surface area contributed by atoms with Gasteiger partial charge in [0.15, 0.2) is 0 Å². The van der Waals surface area contributed by atoms with Crippen molar-refractivity contribution in [1.82, 2.24) is 15.5 Å². The number of sulfonamides is 1. The number of nitrogens with zero attached hydrogens (tertiary/aromatic N) is 2. The highest BCUT2D eigenvalue weighted by molar-refractivity contribution is 7.93. The highest BCUT2D eigenvalue weighted by Crippen LogP contribution is 2.17. The molecule has 16 heavy (non-hydrogen) atoms. The van der Waals surface area contributed by atoms with Crippen molar-refractivity contribution in [3.63, 3.8) is 0 Å². The minimum absolute atomic E-state index is 0.333. The van der Waals surface area contributed by atoms with Crippen LogP contribution in [0.1, 0.15) is 18.9 Å². The Morgan fingerprint density at radius 1 is 1.44 bits per heavy atom. The Morgan fingerprint density at radius 3 is 2.62 bits per heavy atom. The highest BCUT2D eigenvalue weighted by Gasteiger charge is 2.21. The van der Waals surface area contributed by atoms with Crippen LogP contribution in [-0.2, 0) is 16.4 Å². The van der Waals surface area contributed by atoms with Crippen LogP contribution in [-0.4, -0.2) is 37.5 Å². The molecule has 0 spiro atoms. The predicted octanol–water partition coefficient (Wildman–Crippen LogP) is 0.450. The van der Waals surface area contributed by atoms with Crippen molar-refractivity contribution in [3.8, 4) is 0 Å². The molecule has 1 rings (SSSR count). The molecule has 1 aromatic heterocycles. The summed E-state index contributed by atoms with van der Waals surface area (Å²) >= 11 is 1.26. The van der Waals surface area contributed by atoms with Crippen molar-refractivity contribution in [2.24, 2.45) is 0 Å². The minimum atomic E-state index is -3.37. The molecule has 6 nitrogen and oxygen atoms in total. The van der Waals surface area contributed by atoms with Gasteiger partial charge in [-0.3, -0.25) is 4.72 Å². The molecule has 0 saturated heterocycles. The summed E-state index contributed by atoms with van der Waals surface area (Å²) < 4.78 is 26.0. The number of hydrogen-bond donors (Lipinski definition) is 2. The SMILES string of the molecule is CCc1nnc(NS(=O)(=O)C(C)CNC)s1. The minimum Gasteiger partial charge on any atom is -0.318 e. The third-order valence-corrected chi connectivity index (χ3v) is 4.84. The predicted molar refractivity (Wildman–Crippen MR) is 65.2 cm³/mol. The van der Waals surface area contributed by atoms with Gasteiger partial charge >= 0.3 is 0 Å². The van der Waals surface area contributed by atoms with Crippen molar-refractivity contribution >= 4 is 26.5 Å². The van der Waals surface area contributed by atoms with Crippen LogP contribution in [0.2, 0.25) is 0 Å². The van der Waals surface area contributed by atoms with E-state index >= 15 is 0 Å². The van der Waals surface area contributed by atoms with Gasteiger partial charge in [-0.15, -0.1) is 10.2 Å². The largest absolute Gasteiger partial charge is 0.318 e. The van der Waals surface area contributed by atoms with Crippen molar-refractivity contribution in [2.45, 2.75) is 25.5 Å². The van der Waals surface area contributed by atoms with Crippen LogP contribution in [0.5, 0.6) is 0 Å². The lowest BCUT2D eigenvalue weighted by Crippen LogP contribution is -2.33. The summed E-state index contributed by atoms with van der Waals surface area (Å²) in [6.45, 7) is 3.98. The van der Waals surface area contributed by atoms with Gasteiger partial charge in [0.1, 0.15) is 5.01 Å². The lowest BCUT2D eigenvalue weighted by atomic mass is 10.5. The van der Waals surface area contributed by atoms with Gasteiger partial charge in [0.2, 0.25) is 15.2 Å². The zero-order valence-corrected chi connectivity index (χ0v) is 11.2. The zero-order valence-electron chi connectivity index (χ0n) is 9.52. The molecule has 1 atom stereocenters. The van der Waals surface area contributed by atoms with Gasteiger partial charge in [0, 0.05) is 6.54 Å². The van der Waals surface area contributed by atoms with Gasteiger partial charge in [-0.2, -0.15) is 0 Å². The van der Waals surface area contributed by atoms with Crippen molar-refractivity contribution in [1.29, 1.82) is 0 Å². The van der Waals surface area contributed by atoms with Crippen LogP contribution in [0.3, 0.4) is 0 Å². The number of aryl methyl sites for hydroxylation is 1. The summed E-state index contributed by atoms with van der Waals surface area (Å²) in [6.07, 6.45) is 0.755. The quantitative estimate of drug-likeness (QED) is 0.779. The van der Waals surface area contributed by atoms with Gasteiger partial charge in [0.05, 0.1) is 5.25 Å². The van der Waals surface area contributed by atoms with E-state index in [-0.39, 0.29) is 0 Å². The first-order valence-corrected chi connectivity index (χ1v) is 7.34. The average molecular weight is 264 g/mol. The van der Waals surface area contributed by atoms with Crippen molar-refractivity contribution in [3.05, 3.63) is 5.01 Å². The molecule has 0 aliphatic rings. The molecule has 0 aliphatic carbocycles. The normalized spacial score (nSPS) is 13.7. The number of nitrogens with one attached hydrogen (secondary N) is 2. The van der Waals surface area contributed by atoms with Crippen LogP contribution < -0.4 is 10.0 Å². The van der Waals surface area contributed by atoms with Gasteiger partial charge in [-0.25, -0.2) is 8.42 Å². The van der Waals surface area contributed by atoms with E-state index in [0.29, 0.717) is 11.7 Å². The Bertz CT molecular complexity index is 429. The summed E-state index contributed by atoms with van der Waals surface area (Å²) in [6, 6.07) is 0. The third kappa shape index (κ3) is 3.39. The third-order valence-electron chi connectivity index (χ3n) is 2.02.